The highest BCUT2D eigenvalue weighted by molar-refractivity contribution is 8.00. The van der Waals surface area contributed by atoms with Crippen LogP contribution in [0, 0.1) is 0 Å². The lowest BCUT2D eigenvalue weighted by molar-refractivity contribution is 0.214. The van der Waals surface area contributed by atoms with Gasteiger partial charge < -0.3 is 4.90 Å². The summed E-state index contributed by atoms with van der Waals surface area (Å²) in [6.07, 6.45) is 0. The highest BCUT2D eigenvalue weighted by Gasteiger charge is 2.28. The summed E-state index contributed by atoms with van der Waals surface area (Å²) in [5.74, 6) is 0. The maximum Gasteiger partial charge on any atom is 0.332 e. The molecule has 21 heavy (non-hydrogen) atoms. The number of carbonyl (C=O) groups is 1. The van der Waals surface area contributed by atoms with E-state index < -0.39 is 17.0 Å². The van der Waals surface area contributed by atoms with Gasteiger partial charge in [0.25, 0.3) is 5.56 Å². The number of carbonyl (C=O) groups excluding carboxylic acids is 1. The summed E-state index contributed by atoms with van der Waals surface area (Å²) < 4.78 is 0.933. The Labute approximate surface area is 129 Å². The molecule has 0 atom stereocenters. The number of thioether (sulfide) groups is 1. The normalized spacial score (nSPS) is 12.4. The van der Waals surface area contributed by atoms with Crippen LogP contribution in [0.15, 0.2) is 9.95 Å². The fourth-order valence-electron chi connectivity index (χ4n) is 1.55. The molecule has 0 unspecified atom stereocenters. The molecular weight excluding hydrogens is 288 g/mol. The summed E-state index contributed by atoms with van der Waals surface area (Å²) in [6.45, 7) is 11.6. The van der Waals surface area contributed by atoms with E-state index in [4.69, 9.17) is 0 Å². The molecule has 0 N–H and O–H groups in total. The van der Waals surface area contributed by atoms with Gasteiger partial charge >= 0.3 is 6.03 Å². The van der Waals surface area contributed by atoms with E-state index >= 15 is 0 Å². The molecule has 118 valence electrons. The van der Waals surface area contributed by atoms with E-state index in [0.29, 0.717) is 5.16 Å². The van der Waals surface area contributed by atoms with Gasteiger partial charge in [-0.2, -0.15) is 0 Å². The quantitative estimate of drug-likeness (QED) is 0.745. The minimum Gasteiger partial charge on any atom is -0.330 e. The monoisotopic (exact) mass is 312 g/mol. The second-order valence-corrected chi connectivity index (χ2v) is 8.91. The number of hydrogen-bond donors (Lipinski definition) is 0. The molecule has 1 amide bonds. The highest BCUT2D eigenvalue weighted by atomic mass is 32.2. The van der Waals surface area contributed by atoms with Crippen molar-refractivity contribution in [2.24, 2.45) is 0 Å². The van der Waals surface area contributed by atoms with Gasteiger partial charge in [0.05, 0.1) is 0 Å². The maximum atomic E-state index is 12.7. The lowest BCUT2D eigenvalue weighted by Gasteiger charge is -2.23. The summed E-state index contributed by atoms with van der Waals surface area (Å²) >= 11 is 1.35. The van der Waals surface area contributed by atoms with Gasteiger partial charge in [-0.05, 0) is 0 Å². The molecule has 1 aromatic heterocycles. The van der Waals surface area contributed by atoms with Crippen molar-refractivity contribution in [3.63, 3.8) is 0 Å². The van der Waals surface area contributed by atoms with Crippen molar-refractivity contribution < 1.29 is 4.79 Å². The SMILES string of the molecule is CN(C)C(=O)n1c(SC(C)(C)C)nnc(C(C)(C)C)c1=O. The topological polar surface area (TPSA) is 68.1 Å². The van der Waals surface area contributed by atoms with Gasteiger partial charge in [0.1, 0.15) is 5.69 Å². The smallest absolute Gasteiger partial charge is 0.330 e. The van der Waals surface area contributed by atoms with Crippen LogP contribution in [0.3, 0.4) is 0 Å². The number of hydrogen-bond acceptors (Lipinski definition) is 5. The number of rotatable bonds is 1. The van der Waals surface area contributed by atoms with E-state index in [0.717, 1.165) is 4.57 Å². The second-order valence-electron chi connectivity index (χ2n) is 7.11. The second kappa shape index (κ2) is 5.79. The molecular formula is C14H24N4O2S. The van der Waals surface area contributed by atoms with E-state index in [9.17, 15) is 9.59 Å². The molecule has 7 heteroatoms. The fraction of sp³-hybridized carbons (Fsp3) is 0.714. The van der Waals surface area contributed by atoms with Gasteiger partial charge in [0, 0.05) is 24.3 Å². The Bertz CT molecular complexity index is 594. The molecule has 0 aliphatic rings. The first-order valence-corrected chi connectivity index (χ1v) is 7.57. The molecule has 1 heterocycles. The van der Waals surface area contributed by atoms with Crippen molar-refractivity contribution in [1.82, 2.24) is 19.7 Å². The summed E-state index contributed by atoms with van der Waals surface area (Å²) in [7, 11) is 3.22. The predicted molar refractivity (Wildman–Crippen MR) is 85.1 cm³/mol. The van der Waals surface area contributed by atoms with Crippen LogP contribution >= 0.6 is 11.8 Å². The molecule has 1 aromatic rings. The summed E-state index contributed by atoms with van der Waals surface area (Å²) in [5, 5.41) is 8.50. The molecule has 1 rings (SSSR count). The number of nitrogens with zero attached hydrogens (tertiary/aromatic N) is 4. The summed E-state index contributed by atoms with van der Waals surface area (Å²) in [4.78, 5) is 26.4. The largest absolute Gasteiger partial charge is 0.332 e. The van der Waals surface area contributed by atoms with Crippen molar-refractivity contribution in [2.75, 3.05) is 14.1 Å². The Kier molecular flexibility index (Phi) is 4.87. The zero-order valence-corrected chi connectivity index (χ0v) is 14.8. The molecule has 0 saturated heterocycles. The third kappa shape index (κ3) is 4.30. The molecule has 0 bridgehead atoms. The van der Waals surface area contributed by atoms with Crippen LogP contribution in [0.5, 0.6) is 0 Å². The minimum absolute atomic E-state index is 0.182. The van der Waals surface area contributed by atoms with E-state index in [1.165, 1.54) is 16.7 Å². The van der Waals surface area contributed by atoms with Gasteiger partial charge in [0.2, 0.25) is 5.16 Å². The lowest BCUT2D eigenvalue weighted by Crippen LogP contribution is -2.42. The molecule has 6 nitrogen and oxygen atoms in total. The third-order valence-corrected chi connectivity index (χ3v) is 3.57. The summed E-state index contributed by atoms with van der Waals surface area (Å²) in [5.41, 5.74) is -0.581. The average Bonchev–Trinajstić information content (AvgIpc) is 2.24. The maximum absolute atomic E-state index is 12.7. The molecule has 0 aliphatic heterocycles. The van der Waals surface area contributed by atoms with Crippen molar-refractivity contribution in [3.8, 4) is 0 Å². The van der Waals surface area contributed by atoms with Crippen LogP contribution in [0.1, 0.15) is 47.2 Å². The van der Waals surface area contributed by atoms with Crippen molar-refractivity contribution in [2.45, 2.75) is 56.9 Å². The molecule has 0 aliphatic carbocycles. The fourth-order valence-corrected chi connectivity index (χ4v) is 2.43. The standard InChI is InChI=1S/C14H24N4O2S/c1-13(2,3)9-10(19)18(12(20)17(7)8)11(16-15-9)21-14(4,5)6/h1-8H3. The molecule has 0 fully saturated rings. The van der Waals surface area contributed by atoms with Crippen LogP contribution in [0.4, 0.5) is 4.79 Å². The van der Waals surface area contributed by atoms with Gasteiger partial charge in [0.15, 0.2) is 0 Å². The van der Waals surface area contributed by atoms with Crippen molar-refractivity contribution in [1.29, 1.82) is 0 Å². The first-order chi connectivity index (χ1) is 9.34. The van der Waals surface area contributed by atoms with E-state index in [1.807, 2.05) is 41.5 Å². The van der Waals surface area contributed by atoms with Gasteiger partial charge in [-0.3, -0.25) is 4.79 Å². The van der Waals surface area contributed by atoms with Crippen molar-refractivity contribution in [3.05, 3.63) is 16.0 Å². The predicted octanol–water partition coefficient (Wildman–Crippen LogP) is 2.36. The zero-order valence-electron chi connectivity index (χ0n) is 14.0. The van der Waals surface area contributed by atoms with Gasteiger partial charge in [-0.1, -0.05) is 53.3 Å². The number of amides is 1. The van der Waals surface area contributed by atoms with E-state index in [1.54, 1.807) is 14.1 Å². The molecule has 0 aromatic carbocycles. The molecule has 0 saturated carbocycles. The zero-order chi connectivity index (χ0) is 16.6. The Hall–Kier alpha value is -1.37. The van der Waals surface area contributed by atoms with Gasteiger partial charge in [-0.25, -0.2) is 9.36 Å². The third-order valence-electron chi connectivity index (χ3n) is 2.51. The Morgan fingerprint density at radius 3 is 2.00 bits per heavy atom. The van der Waals surface area contributed by atoms with Crippen LogP contribution in [0.2, 0.25) is 0 Å². The van der Waals surface area contributed by atoms with E-state index in [-0.39, 0.29) is 10.4 Å². The first kappa shape index (κ1) is 17.7. The first-order valence-electron chi connectivity index (χ1n) is 6.75. The number of aromatic nitrogens is 3. The Balaban J connectivity index is 3.58. The highest BCUT2D eigenvalue weighted by Crippen LogP contribution is 2.30. The van der Waals surface area contributed by atoms with Crippen LogP contribution in [0.25, 0.3) is 0 Å². The average molecular weight is 312 g/mol. The molecule has 0 radical (unpaired) electrons. The summed E-state index contributed by atoms with van der Waals surface area (Å²) in [6, 6.07) is -0.410. The van der Waals surface area contributed by atoms with E-state index in [2.05, 4.69) is 10.2 Å². The lowest BCUT2D eigenvalue weighted by atomic mass is 9.93. The minimum atomic E-state index is -0.469. The Morgan fingerprint density at radius 2 is 1.62 bits per heavy atom. The molecule has 0 spiro atoms. The van der Waals surface area contributed by atoms with Crippen LogP contribution < -0.4 is 5.56 Å². The van der Waals surface area contributed by atoms with Crippen molar-refractivity contribution >= 4 is 17.8 Å². The Morgan fingerprint density at radius 1 is 1.10 bits per heavy atom. The van der Waals surface area contributed by atoms with Gasteiger partial charge in [-0.15, -0.1) is 10.2 Å². The van der Waals surface area contributed by atoms with Crippen LogP contribution in [-0.4, -0.2) is 44.5 Å². The van der Waals surface area contributed by atoms with Crippen LogP contribution in [-0.2, 0) is 5.41 Å².